The number of hydrogen-bond donors (Lipinski definition) is 0. The third-order valence-corrected chi connectivity index (χ3v) is 3.02. The van der Waals surface area contributed by atoms with Gasteiger partial charge in [0.15, 0.2) is 0 Å². The summed E-state index contributed by atoms with van der Waals surface area (Å²) < 4.78 is 0.990. The van der Waals surface area contributed by atoms with Gasteiger partial charge in [0.2, 0.25) is 0 Å². The molecular weight excluding hydrogens is 254 g/mol. The predicted molar refractivity (Wildman–Crippen MR) is 44.0 cm³/mol. The first-order valence-corrected chi connectivity index (χ1v) is 4.46. The van der Waals surface area contributed by atoms with Gasteiger partial charge in [0.25, 0.3) is 0 Å². The van der Waals surface area contributed by atoms with Crippen molar-refractivity contribution >= 4 is 43.6 Å². The van der Waals surface area contributed by atoms with Crippen LogP contribution in [-0.4, -0.2) is 5.75 Å². The molecule has 0 bridgehead atoms. The van der Waals surface area contributed by atoms with E-state index in [9.17, 15) is 0 Å². The van der Waals surface area contributed by atoms with Gasteiger partial charge < -0.3 is 0 Å². The van der Waals surface area contributed by atoms with E-state index in [0.29, 0.717) is 5.75 Å². The van der Waals surface area contributed by atoms with E-state index < -0.39 is 0 Å². The first-order chi connectivity index (χ1) is 3.81. The van der Waals surface area contributed by atoms with E-state index in [4.69, 9.17) is 5.26 Å². The molecule has 0 spiro atoms. The minimum atomic E-state index is 0.710. The Balaban J connectivity index is 3.29. The van der Waals surface area contributed by atoms with Crippen LogP contribution < -0.4 is 0 Å². The molecule has 0 saturated carbocycles. The molecular formula is C4H3Br2NS. The maximum atomic E-state index is 8.06. The van der Waals surface area contributed by atoms with E-state index >= 15 is 0 Å². The molecule has 0 aromatic carbocycles. The standard InChI is InChI=1S/C4H3Br2NS/c5-1-4(6)2-8-3-7/h1H,2H2. The molecule has 0 amide bonds. The summed E-state index contributed by atoms with van der Waals surface area (Å²) in [5.74, 6) is 0.710. The summed E-state index contributed by atoms with van der Waals surface area (Å²) in [6.45, 7) is 0. The highest BCUT2D eigenvalue weighted by Gasteiger charge is 1.87. The van der Waals surface area contributed by atoms with Gasteiger partial charge in [-0.3, -0.25) is 0 Å². The molecule has 0 fully saturated rings. The van der Waals surface area contributed by atoms with Crippen LogP contribution in [0.3, 0.4) is 0 Å². The topological polar surface area (TPSA) is 23.8 Å². The van der Waals surface area contributed by atoms with Gasteiger partial charge in [0.05, 0.1) is 0 Å². The van der Waals surface area contributed by atoms with Crippen molar-refractivity contribution < 1.29 is 0 Å². The fourth-order valence-corrected chi connectivity index (χ4v) is 1.14. The van der Waals surface area contributed by atoms with Gasteiger partial charge in [-0.15, -0.1) is 0 Å². The Morgan fingerprint density at radius 3 is 2.88 bits per heavy atom. The maximum Gasteiger partial charge on any atom is 0.133 e. The molecule has 0 atom stereocenters. The molecule has 0 aromatic rings. The highest BCUT2D eigenvalue weighted by molar-refractivity contribution is 9.14. The van der Waals surface area contributed by atoms with Gasteiger partial charge in [0, 0.05) is 10.2 Å². The molecule has 4 heteroatoms. The zero-order chi connectivity index (χ0) is 6.41. The van der Waals surface area contributed by atoms with Crippen molar-refractivity contribution in [3.8, 4) is 5.40 Å². The average Bonchev–Trinajstić information content (AvgIpc) is 1.83. The van der Waals surface area contributed by atoms with Crippen molar-refractivity contribution in [1.29, 1.82) is 5.26 Å². The smallest absolute Gasteiger partial charge is 0.133 e. The summed E-state index contributed by atoms with van der Waals surface area (Å²) in [5.41, 5.74) is 0. The maximum absolute atomic E-state index is 8.06. The zero-order valence-corrected chi connectivity index (χ0v) is 7.88. The van der Waals surface area contributed by atoms with E-state index in [2.05, 4.69) is 31.9 Å². The molecule has 0 aliphatic rings. The molecule has 0 radical (unpaired) electrons. The minimum absolute atomic E-state index is 0.710. The molecule has 0 aliphatic carbocycles. The number of nitrogens with zero attached hydrogens (tertiary/aromatic N) is 1. The molecule has 0 N–H and O–H groups in total. The van der Waals surface area contributed by atoms with Gasteiger partial charge in [-0.25, -0.2) is 0 Å². The van der Waals surface area contributed by atoms with E-state index in [-0.39, 0.29) is 0 Å². The highest BCUT2D eigenvalue weighted by atomic mass is 79.9. The van der Waals surface area contributed by atoms with Gasteiger partial charge in [-0.1, -0.05) is 31.9 Å². The van der Waals surface area contributed by atoms with Crippen LogP contribution in [0.15, 0.2) is 9.47 Å². The first kappa shape index (κ1) is 8.54. The number of rotatable bonds is 2. The number of halogens is 2. The second kappa shape index (κ2) is 5.67. The summed E-state index contributed by atoms with van der Waals surface area (Å²) in [4.78, 5) is 1.75. The number of nitriles is 1. The van der Waals surface area contributed by atoms with Crippen LogP contribution in [0.4, 0.5) is 0 Å². The SMILES string of the molecule is N#CSCC(Br)=CBr. The third-order valence-electron chi connectivity index (χ3n) is 0.393. The Labute approximate surface area is 69.4 Å². The van der Waals surface area contributed by atoms with Crippen molar-refractivity contribution in [3.05, 3.63) is 9.47 Å². The monoisotopic (exact) mass is 255 g/mol. The normalized spacial score (nSPS) is 10.9. The van der Waals surface area contributed by atoms with Crippen molar-refractivity contribution in [2.45, 2.75) is 0 Å². The van der Waals surface area contributed by atoms with Crippen LogP contribution in [0, 0.1) is 10.7 Å². The molecule has 8 heavy (non-hydrogen) atoms. The Morgan fingerprint density at radius 1 is 1.88 bits per heavy atom. The molecule has 0 aliphatic heterocycles. The van der Waals surface area contributed by atoms with Crippen LogP contribution in [0.5, 0.6) is 0 Å². The van der Waals surface area contributed by atoms with Crippen molar-refractivity contribution in [3.63, 3.8) is 0 Å². The first-order valence-electron chi connectivity index (χ1n) is 1.77. The summed E-state index contributed by atoms with van der Waals surface area (Å²) in [5, 5.41) is 10.0. The number of thiocyanates is 1. The quantitative estimate of drug-likeness (QED) is 0.710. The molecule has 0 aromatic heterocycles. The second-order valence-electron chi connectivity index (χ2n) is 0.936. The number of hydrogen-bond acceptors (Lipinski definition) is 2. The van der Waals surface area contributed by atoms with E-state index in [1.165, 1.54) is 11.8 Å². The summed E-state index contributed by atoms with van der Waals surface area (Å²) in [7, 11) is 0. The summed E-state index contributed by atoms with van der Waals surface area (Å²) >= 11 is 7.53. The van der Waals surface area contributed by atoms with Crippen molar-refractivity contribution in [1.82, 2.24) is 0 Å². The Bertz CT molecular complexity index is 126. The predicted octanol–water partition coefficient (Wildman–Crippen LogP) is 2.83. The Hall–Kier alpha value is 0.540. The Kier molecular flexibility index (Phi) is 6.06. The second-order valence-corrected chi connectivity index (χ2v) is 3.17. The lowest BCUT2D eigenvalue weighted by atomic mass is 10.8. The largest absolute Gasteiger partial charge is 0.185 e. The molecule has 0 unspecified atom stereocenters. The third kappa shape index (κ3) is 4.69. The molecule has 0 rings (SSSR count). The average molecular weight is 257 g/mol. The van der Waals surface area contributed by atoms with E-state index in [1.807, 2.05) is 5.40 Å². The van der Waals surface area contributed by atoms with Gasteiger partial charge in [0.1, 0.15) is 5.40 Å². The highest BCUT2D eigenvalue weighted by Crippen LogP contribution is 2.13. The molecule has 44 valence electrons. The number of thioether (sulfide) groups is 1. The van der Waals surface area contributed by atoms with Crippen LogP contribution in [-0.2, 0) is 0 Å². The summed E-state index contributed by atoms with van der Waals surface area (Å²) in [6.07, 6.45) is 0. The van der Waals surface area contributed by atoms with E-state index in [0.717, 1.165) is 4.48 Å². The minimum Gasteiger partial charge on any atom is -0.185 e. The lowest BCUT2D eigenvalue weighted by Gasteiger charge is -1.85. The van der Waals surface area contributed by atoms with E-state index in [1.54, 1.807) is 4.99 Å². The lowest BCUT2D eigenvalue weighted by Crippen LogP contribution is -1.70. The molecule has 1 nitrogen and oxygen atoms in total. The fraction of sp³-hybridized carbons (Fsp3) is 0.250. The van der Waals surface area contributed by atoms with Gasteiger partial charge in [-0.05, 0) is 16.7 Å². The van der Waals surface area contributed by atoms with Crippen LogP contribution in [0.1, 0.15) is 0 Å². The zero-order valence-electron chi connectivity index (χ0n) is 3.90. The summed E-state index contributed by atoms with van der Waals surface area (Å²) in [6, 6.07) is 0. The van der Waals surface area contributed by atoms with Gasteiger partial charge in [-0.2, -0.15) is 5.26 Å². The molecule has 0 saturated heterocycles. The van der Waals surface area contributed by atoms with Crippen LogP contribution in [0.2, 0.25) is 0 Å². The Morgan fingerprint density at radius 2 is 2.50 bits per heavy atom. The van der Waals surface area contributed by atoms with Crippen molar-refractivity contribution in [2.24, 2.45) is 0 Å². The van der Waals surface area contributed by atoms with Crippen LogP contribution >= 0.6 is 43.6 Å². The molecule has 0 heterocycles. The van der Waals surface area contributed by atoms with Crippen LogP contribution in [0.25, 0.3) is 0 Å². The fourth-order valence-electron chi connectivity index (χ4n) is 0.133. The van der Waals surface area contributed by atoms with Crippen molar-refractivity contribution in [2.75, 3.05) is 5.75 Å². The lowest BCUT2D eigenvalue weighted by molar-refractivity contribution is 1.56. The van der Waals surface area contributed by atoms with Gasteiger partial charge >= 0.3 is 0 Å².